The SMILES string of the molecule is Cc1cc(C)nc(SC2=C(C(=O)OC3OC(=O)c4ccccc43)N3C(=O)CC3C2)n1. The van der Waals surface area contributed by atoms with Gasteiger partial charge in [-0.1, -0.05) is 30.0 Å². The van der Waals surface area contributed by atoms with Crippen LogP contribution in [0.2, 0.25) is 0 Å². The number of cyclic esters (lactones) is 1. The van der Waals surface area contributed by atoms with E-state index >= 15 is 0 Å². The smallest absolute Gasteiger partial charge is 0.359 e. The molecule has 1 saturated heterocycles. The van der Waals surface area contributed by atoms with Crippen molar-refractivity contribution < 1.29 is 23.9 Å². The number of aromatic nitrogens is 2. The number of esters is 2. The molecule has 0 radical (unpaired) electrons. The predicted molar refractivity (Wildman–Crippen MR) is 105 cm³/mol. The molecule has 0 saturated carbocycles. The van der Waals surface area contributed by atoms with E-state index in [4.69, 9.17) is 9.47 Å². The molecular formula is C21H17N3O5S. The Hall–Kier alpha value is -3.20. The summed E-state index contributed by atoms with van der Waals surface area (Å²) in [5.74, 6) is -1.38. The Morgan fingerprint density at radius 1 is 1.17 bits per heavy atom. The lowest BCUT2D eigenvalue weighted by atomic mass is 10.0. The molecule has 4 heterocycles. The van der Waals surface area contributed by atoms with E-state index < -0.39 is 18.2 Å². The van der Waals surface area contributed by atoms with Gasteiger partial charge in [-0.15, -0.1) is 0 Å². The number of thioether (sulfide) groups is 1. The van der Waals surface area contributed by atoms with Crippen molar-refractivity contribution in [3.8, 4) is 0 Å². The third-order valence-electron chi connectivity index (χ3n) is 5.20. The molecule has 30 heavy (non-hydrogen) atoms. The summed E-state index contributed by atoms with van der Waals surface area (Å²) in [5.41, 5.74) is 2.69. The Morgan fingerprint density at radius 3 is 2.63 bits per heavy atom. The van der Waals surface area contributed by atoms with Gasteiger partial charge in [0.25, 0.3) is 6.29 Å². The summed E-state index contributed by atoms with van der Waals surface area (Å²) in [6, 6.07) is 8.55. The molecule has 0 spiro atoms. The molecule has 1 aromatic carbocycles. The first kappa shape index (κ1) is 18.8. The maximum Gasteiger partial charge on any atom is 0.359 e. The minimum atomic E-state index is -1.13. The van der Waals surface area contributed by atoms with Crippen LogP contribution in [0.1, 0.15) is 46.4 Å². The fourth-order valence-electron chi connectivity index (χ4n) is 3.90. The molecule has 2 unspecified atom stereocenters. The van der Waals surface area contributed by atoms with Crippen LogP contribution in [0.15, 0.2) is 46.1 Å². The van der Waals surface area contributed by atoms with E-state index in [0.717, 1.165) is 11.4 Å². The minimum Gasteiger partial charge on any atom is -0.417 e. The quantitative estimate of drug-likeness (QED) is 0.421. The summed E-state index contributed by atoms with van der Waals surface area (Å²) in [6.45, 7) is 3.75. The zero-order valence-electron chi connectivity index (χ0n) is 16.2. The Bertz CT molecular complexity index is 1120. The van der Waals surface area contributed by atoms with E-state index in [9.17, 15) is 14.4 Å². The number of nitrogens with zero attached hydrogens (tertiary/aromatic N) is 3. The number of carbonyl (C=O) groups excluding carboxylic acids is 3. The minimum absolute atomic E-state index is 0.0631. The first-order valence-corrected chi connectivity index (χ1v) is 10.3. The molecule has 8 nitrogen and oxygen atoms in total. The summed E-state index contributed by atoms with van der Waals surface area (Å²) in [5, 5.41) is 0.514. The topological polar surface area (TPSA) is 98.7 Å². The van der Waals surface area contributed by atoms with Crippen LogP contribution < -0.4 is 0 Å². The molecule has 9 heteroatoms. The van der Waals surface area contributed by atoms with Gasteiger partial charge < -0.3 is 14.4 Å². The Balaban J connectivity index is 1.45. The highest BCUT2D eigenvalue weighted by molar-refractivity contribution is 8.03. The van der Waals surface area contributed by atoms with E-state index in [0.29, 0.717) is 34.0 Å². The number of ether oxygens (including phenoxy) is 2. The van der Waals surface area contributed by atoms with E-state index in [2.05, 4.69) is 9.97 Å². The van der Waals surface area contributed by atoms with Crippen LogP contribution in [0.3, 0.4) is 0 Å². The fraction of sp³-hybridized carbons (Fsp3) is 0.286. The molecular weight excluding hydrogens is 406 g/mol. The summed E-state index contributed by atoms with van der Waals surface area (Å²) in [4.78, 5) is 48.2. The van der Waals surface area contributed by atoms with Gasteiger partial charge in [0, 0.05) is 34.7 Å². The number of hydrogen-bond acceptors (Lipinski definition) is 8. The van der Waals surface area contributed by atoms with Crippen molar-refractivity contribution >= 4 is 29.6 Å². The highest BCUT2D eigenvalue weighted by Gasteiger charge is 2.49. The first-order chi connectivity index (χ1) is 14.4. The second-order valence-electron chi connectivity index (χ2n) is 7.36. The van der Waals surface area contributed by atoms with Crippen LogP contribution in [-0.4, -0.2) is 38.8 Å². The second-order valence-corrected chi connectivity index (χ2v) is 8.42. The number of carbonyl (C=O) groups is 3. The van der Waals surface area contributed by atoms with Gasteiger partial charge in [-0.2, -0.15) is 0 Å². The van der Waals surface area contributed by atoms with Crippen molar-refractivity contribution in [1.82, 2.24) is 14.9 Å². The van der Waals surface area contributed by atoms with Gasteiger partial charge in [0.2, 0.25) is 5.91 Å². The second kappa shape index (κ2) is 6.94. The van der Waals surface area contributed by atoms with Crippen molar-refractivity contribution in [2.75, 3.05) is 0 Å². The molecule has 1 fully saturated rings. The molecule has 1 aromatic heterocycles. The summed E-state index contributed by atoms with van der Waals surface area (Å²) >= 11 is 1.26. The average Bonchev–Trinajstić information content (AvgIpc) is 3.15. The normalized spacial score (nSPS) is 21.9. The molecule has 2 aromatic rings. The van der Waals surface area contributed by atoms with E-state index in [1.807, 2.05) is 19.9 Å². The van der Waals surface area contributed by atoms with Crippen LogP contribution in [-0.2, 0) is 19.1 Å². The highest BCUT2D eigenvalue weighted by atomic mass is 32.2. The zero-order valence-corrected chi connectivity index (χ0v) is 17.1. The highest BCUT2D eigenvalue weighted by Crippen LogP contribution is 2.45. The van der Waals surface area contributed by atoms with Gasteiger partial charge in [0.15, 0.2) is 5.16 Å². The number of fused-ring (bicyclic) bond motifs is 2. The number of rotatable bonds is 4. The standard InChI is InChI=1S/C21H17N3O5S/c1-10-7-11(2)23-21(22-10)30-15-8-12-9-16(25)24(12)17(15)19(27)29-20-14-6-4-3-5-13(14)18(26)28-20/h3-7,12,20H,8-9H2,1-2H3. The summed E-state index contributed by atoms with van der Waals surface area (Å²) in [6.07, 6.45) is -0.207. The van der Waals surface area contributed by atoms with Crippen molar-refractivity contribution in [3.05, 3.63) is 63.4 Å². The zero-order chi connectivity index (χ0) is 21.0. The van der Waals surface area contributed by atoms with Crippen LogP contribution in [0.5, 0.6) is 0 Å². The van der Waals surface area contributed by atoms with Crippen LogP contribution >= 0.6 is 11.8 Å². The Kier molecular flexibility index (Phi) is 4.35. The van der Waals surface area contributed by atoms with Gasteiger partial charge in [0.1, 0.15) is 5.70 Å². The average molecular weight is 423 g/mol. The van der Waals surface area contributed by atoms with E-state index in [1.165, 1.54) is 16.7 Å². The van der Waals surface area contributed by atoms with Gasteiger partial charge >= 0.3 is 11.9 Å². The van der Waals surface area contributed by atoms with Gasteiger partial charge in [0.05, 0.1) is 11.6 Å². The largest absolute Gasteiger partial charge is 0.417 e. The number of amides is 1. The molecule has 0 aliphatic carbocycles. The van der Waals surface area contributed by atoms with Crippen LogP contribution in [0, 0.1) is 13.8 Å². The van der Waals surface area contributed by atoms with Gasteiger partial charge in [-0.3, -0.25) is 4.79 Å². The fourth-order valence-corrected chi connectivity index (χ4v) is 5.06. The maximum absolute atomic E-state index is 13.1. The third-order valence-corrected chi connectivity index (χ3v) is 6.17. The number of β-lactam (4-membered cyclic amide) rings is 1. The van der Waals surface area contributed by atoms with E-state index in [1.54, 1.807) is 24.3 Å². The van der Waals surface area contributed by atoms with Crippen molar-refractivity contribution in [3.63, 3.8) is 0 Å². The van der Waals surface area contributed by atoms with Gasteiger partial charge in [-0.25, -0.2) is 19.6 Å². The number of aryl methyl sites for hydroxylation is 2. The number of hydrogen-bond donors (Lipinski definition) is 0. The number of benzene rings is 1. The van der Waals surface area contributed by atoms with Crippen molar-refractivity contribution in [2.45, 2.75) is 44.2 Å². The van der Waals surface area contributed by atoms with Crippen molar-refractivity contribution in [1.29, 1.82) is 0 Å². The summed E-state index contributed by atoms with van der Waals surface area (Å²) < 4.78 is 10.7. The monoisotopic (exact) mass is 423 g/mol. The van der Waals surface area contributed by atoms with Crippen LogP contribution in [0.4, 0.5) is 0 Å². The molecule has 0 N–H and O–H groups in total. The Labute approximate surface area is 176 Å². The van der Waals surface area contributed by atoms with Crippen molar-refractivity contribution in [2.24, 2.45) is 0 Å². The Morgan fingerprint density at radius 2 is 1.90 bits per heavy atom. The lowest BCUT2D eigenvalue weighted by Crippen LogP contribution is -2.49. The predicted octanol–water partition coefficient (Wildman–Crippen LogP) is 2.81. The third kappa shape index (κ3) is 3.06. The molecule has 3 aliphatic heterocycles. The molecule has 3 aliphatic rings. The molecule has 2 atom stereocenters. The molecule has 1 amide bonds. The van der Waals surface area contributed by atoms with E-state index in [-0.39, 0.29) is 17.6 Å². The lowest BCUT2D eigenvalue weighted by molar-refractivity contribution is -0.168. The lowest BCUT2D eigenvalue weighted by Gasteiger charge is -2.35. The molecule has 5 rings (SSSR count). The molecule has 152 valence electrons. The molecule has 0 bridgehead atoms. The van der Waals surface area contributed by atoms with Gasteiger partial charge in [-0.05, 0) is 26.0 Å². The maximum atomic E-state index is 13.1. The van der Waals surface area contributed by atoms with Crippen LogP contribution in [0.25, 0.3) is 0 Å². The summed E-state index contributed by atoms with van der Waals surface area (Å²) in [7, 11) is 0. The first-order valence-electron chi connectivity index (χ1n) is 9.47.